The molecular weight excluding hydrogens is 263 g/mol. The Kier molecular flexibility index (Phi) is 5.34. The van der Waals surface area contributed by atoms with E-state index in [4.69, 9.17) is 4.18 Å². The van der Waals surface area contributed by atoms with E-state index in [9.17, 15) is 13.2 Å². The van der Waals surface area contributed by atoms with Crippen molar-refractivity contribution in [2.45, 2.75) is 0 Å². The minimum absolute atomic E-state index is 0. The third-order valence-corrected chi connectivity index (χ3v) is 3.22. The van der Waals surface area contributed by atoms with Crippen molar-refractivity contribution in [3.05, 3.63) is 42.5 Å². The summed E-state index contributed by atoms with van der Waals surface area (Å²) in [7, 11) is -3.84. The molecule has 4 nitrogen and oxygen atoms in total. The monoisotopic (exact) mass is 274 g/mol. The average molecular weight is 274 g/mol. The van der Waals surface area contributed by atoms with Crippen molar-refractivity contribution < 1.29 is 17.4 Å². The quantitative estimate of drug-likeness (QED) is 0.476. The molecule has 18 heavy (non-hydrogen) atoms. The zero-order valence-electron chi connectivity index (χ0n) is 8.87. The molecule has 0 saturated carbocycles. The fourth-order valence-corrected chi connectivity index (χ4v) is 2.18. The van der Waals surface area contributed by atoms with Gasteiger partial charge in [-0.2, -0.15) is 8.42 Å². The molecule has 2 aromatic rings. The molecule has 0 aliphatic carbocycles. The summed E-state index contributed by atoms with van der Waals surface area (Å²) < 4.78 is 27.7. The van der Waals surface area contributed by atoms with E-state index in [0.717, 1.165) is 5.39 Å². The maximum absolute atomic E-state index is 11.4. The van der Waals surface area contributed by atoms with E-state index in [1.165, 1.54) is 0 Å². The molecule has 0 bridgehead atoms. The molecule has 0 saturated heterocycles. The Hall–Kier alpha value is -0.880. The summed E-state index contributed by atoms with van der Waals surface area (Å²) in [6.07, 6.45) is 0.306. The summed E-state index contributed by atoms with van der Waals surface area (Å²) in [5.41, 5.74) is 0. The van der Waals surface area contributed by atoms with Crippen LogP contribution in [0.15, 0.2) is 42.5 Å². The SMILES string of the molecule is O=CCS(=O)(=O)Oc1cccc2ccccc12.[NaH]. The van der Waals surface area contributed by atoms with Gasteiger partial charge in [0.25, 0.3) is 0 Å². The van der Waals surface area contributed by atoms with Gasteiger partial charge in [0.15, 0.2) is 0 Å². The summed E-state index contributed by atoms with van der Waals surface area (Å²) in [5, 5.41) is 1.58. The van der Waals surface area contributed by atoms with E-state index in [1.54, 1.807) is 24.3 Å². The molecule has 0 spiro atoms. The van der Waals surface area contributed by atoms with Crippen LogP contribution < -0.4 is 4.18 Å². The van der Waals surface area contributed by atoms with Crippen LogP contribution in [0.1, 0.15) is 0 Å². The van der Waals surface area contributed by atoms with E-state index in [2.05, 4.69) is 0 Å². The predicted octanol–water partition coefficient (Wildman–Crippen LogP) is 1.10. The Labute approximate surface area is 127 Å². The first-order valence-electron chi connectivity index (χ1n) is 4.96. The van der Waals surface area contributed by atoms with Gasteiger partial charge in [-0.3, -0.25) is 0 Å². The van der Waals surface area contributed by atoms with E-state index in [-0.39, 0.29) is 35.3 Å². The Balaban J connectivity index is 0.00000162. The van der Waals surface area contributed by atoms with Crippen LogP contribution in [-0.4, -0.2) is 50.0 Å². The van der Waals surface area contributed by atoms with Crippen molar-refractivity contribution in [1.29, 1.82) is 0 Å². The zero-order chi connectivity index (χ0) is 12.3. The first-order chi connectivity index (χ1) is 8.12. The van der Waals surface area contributed by atoms with Crippen LogP contribution in [0, 0.1) is 0 Å². The fourth-order valence-electron chi connectivity index (χ4n) is 1.52. The second-order valence-electron chi connectivity index (χ2n) is 3.45. The van der Waals surface area contributed by atoms with Gasteiger partial charge in [0, 0.05) is 5.39 Å². The normalized spacial score (nSPS) is 10.7. The van der Waals surface area contributed by atoms with Crippen molar-refractivity contribution in [3.8, 4) is 5.75 Å². The molecule has 0 radical (unpaired) electrons. The van der Waals surface area contributed by atoms with Crippen LogP contribution in [0.3, 0.4) is 0 Å². The number of fused-ring (bicyclic) bond motifs is 1. The van der Waals surface area contributed by atoms with Crippen LogP contribution in [0.5, 0.6) is 5.75 Å². The van der Waals surface area contributed by atoms with Crippen molar-refractivity contribution in [3.63, 3.8) is 0 Å². The number of benzene rings is 2. The van der Waals surface area contributed by atoms with Crippen LogP contribution in [0.4, 0.5) is 0 Å². The molecule has 0 unspecified atom stereocenters. The van der Waals surface area contributed by atoms with E-state index in [0.29, 0.717) is 11.7 Å². The molecule has 90 valence electrons. The number of hydrogen-bond acceptors (Lipinski definition) is 4. The summed E-state index contributed by atoms with van der Waals surface area (Å²) in [6.45, 7) is 0. The Morgan fingerprint density at radius 1 is 1.06 bits per heavy atom. The minimum atomic E-state index is -3.84. The van der Waals surface area contributed by atoms with Crippen LogP contribution >= 0.6 is 0 Å². The topological polar surface area (TPSA) is 60.4 Å². The molecule has 0 heterocycles. The molecule has 0 fully saturated rings. The Morgan fingerprint density at radius 3 is 2.44 bits per heavy atom. The molecule has 0 atom stereocenters. The summed E-state index contributed by atoms with van der Waals surface area (Å²) >= 11 is 0. The van der Waals surface area contributed by atoms with Gasteiger partial charge < -0.3 is 8.98 Å². The second-order valence-corrected chi connectivity index (χ2v) is 5.07. The fraction of sp³-hybridized carbons (Fsp3) is 0.0833. The molecule has 0 aliphatic rings. The number of carbonyl (C=O) groups is 1. The van der Waals surface area contributed by atoms with Crippen molar-refractivity contribution in [2.75, 3.05) is 5.75 Å². The Morgan fingerprint density at radius 2 is 1.72 bits per heavy atom. The van der Waals surface area contributed by atoms with Crippen molar-refractivity contribution >= 4 is 56.7 Å². The van der Waals surface area contributed by atoms with Gasteiger partial charge >= 0.3 is 39.7 Å². The molecule has 0 amide bonds. The maximum atomic E-state index is 11.4. The van der Waals surface area contributed by atoms with Gasteiger partial charge in [-0.05, 0) is 11.5 Å². The van der Waals surface area contributed by atoms with E-state index < -0.39 is 15.9 Å². The van der Waals surface area contributed by atoms with Gasteiger partial charge in [0.1, 0.15) is 17.8 Å². The Bertz CT molecular complexity index is 647. The summed E-state index contributed by atoms with van der Waals surface area (Å²) in [5.74, 6) is -0.402. The van der Waals surface area contributed by atoms with Gasteiger partial charge in [0.05, 0.1) is 0 Å². The van der Waals surface area contributed by atoms with E-state index in [1.807, 2.05) is 18.2 Å². The van der Waals surface area contributed by atoms with Gasteiger partial charge in [-0.15, -0.1) is 0 Å². The van der Waals surface area contributed by atoms with Crippen LogP contribution in [0.2, 0.25) is 0 Å². The first-order valence-corrected chi connectivity index (χ1v) is 6.54. The molecule has 2 rings (SSSR count). The predicted molar refractivity (Wildman–Crippen MR) is 71.6 cm³/mol. The first kappa shape index (κ1) is 15.2. The molecule has 0 aliphatic heterocycles. The van der Waals surface area contributed by atoms with Gasteiger partial charge in [0.2, 0.25) is 0 Å². The molecule has 0 N–H and O–H groups in total. The molecular formula is C12H11NaO4S. The molecule has 0 aromatic heterocycles. The van der Waals surface area contributed by atoms with Gasteiger partial charge in [-0.1, -0.05) is 36.4 Å². The average Bonchev–Trinajstić information content (AvgIpc) is 2.29. The molecule has 2 aromatic carbocycles. The zero-order valence-corrected chi connectivity index (χ0v) is 9.68. The summed E-state index contributed by atoms with van der Waals surface area (Å²) in [6, 6.07) is 12.4. The van der Waals surface area contributed by atoms with Crippen LogP contribution in [-0.2, 0) is 14.9 Å². The van der Waals surface area contributed by atoms with Crippen LogP contribution in [0.25, 0.3) is 10.8 Å². The number of hydrogen-bond donors (Lipinski definition) is 0. The van der Waals surface area contributed by atoms with Crippen molar-refractivity contribution in [1.82, 2.24) is 0 Å². The second kappa shape index (κ2) is 6.33. The third kappa shape index (κ3) is 3.55. The number of rotatable bonds is 4. The number of aldehydes is 1. The van der Waals surface area contributed by atoms with Crippen molar-refractivity contribution in [2.24, 2.45) is 0 Å². The summed E-state index contributed by atoms with van der Waals surface area (Å²) in [4.78, 5) is 10.2. The van der Waals surface area contributed by atoms with E-state index >= 15 is 0 Å². The standard InChI is InChI=1S/C12H10O4S.Na.H/c13-8-9-17(14,15)16-12-7-3-5-10-4-1-2-6-11(10)12;;/h1-8H,9H2;;. The van der Waals surface area contributed by atoms with Gasteiger partial charge in [-0.25, -0.2) is 0 Å². The third-order valence-electron chi connectivity index (χ3n) is 2.24. The number of carbonyl (C=O) groups excluding carboxylic acids is 1. The molecule has 6 heteroatoms.